The van der Waals surface area contributed by atoms with Gasteiger partial charge in [0.15, 0.2) is 5.78 Å². The average molecular weight is 363 g/mol. The van der Waals surface area contributed by atoms with E-state index in [1.54, 1.807) is 12.2 Å². The highest BCUT2D eigenvalue weighted by molar-refractivity contribution is 5.93. The molecule has 4 heteroatoms. The predicted molar refractivity (Wildman–Crippen MR) is 105 cm³/mol. The highest BCUT2D eigenvalue weighted by Gasteiger charge is 2.03. The van der Waals surface area contributed by atoms with E-state index >= 15 is 0 Å². The molecule has 0 saturated heterocycles. The molecule has 0 aliphatic rings. The summed E-state index contributed by atoms with van der Waals surface area (Å²) in [4.78, 5) is 22.9. The standard InChI is InChI=1S/C22H34O4/c1-3-5-9-12-19(23)15-16-21-18-17-20(26-21)13-10-7-6-8-11-14-22(24)25-4-2/h15-18H,3-14H2,1-2H3. The number of aryl methyl sites for hydroxylation is 1. The van der Waals surface area contributed by atoms with E-state index in [1.807, 2.05) is 19.1 Å². The fourth-order valence-corrected chi connectivity index (χ4v) is 2.76. The Kier molecular flexibility index (Phi) is 12.2. The molecule has 0 bridgehead atoms. The Labute approximate surface area is 158 Å². The summed E-state index contributed by atoms with van der Waals surface area (Å²) < 4.78 is 10.7. The van der Waals surface area contributed by atoms with Gasteiger partial charge in [0, 0.05) is 19.3 Å². The predicted octanol–water partition coefficient (Wildman–Crippen LogP) is 5.89. The van der Waals surface area contributed by atoms with E-state index in [2.05, 4.69) is 6.92 Å². The maximum atomic E-state index is 11.7. The highest BCUT2D eigenvalue weighted by Crippen LogP contribution is 2.14. The number of furan rings is 1. The van der Waals surface area contributed by atoms with E-state index in [4.69, 9.17) is 9.15 Å². The van der Waals surface area contributed by atoms with Crippen LogP contribution < -0.4 is 0 Å². The summed E-state index contributed by atoms with van der Waals surface area (Å²) in [5, 5.41) is 0. The van der Waals surface area contributed by atoms with Crippen LogP contribution in [-0.4, -0.2) is 18.4 Å². The van der Waals surface area contributed by atoms with Gasteiger partial charge < -0.3 is 9.15 Å². The number of unbranched alkanes of at least 4 members (excludes halogenated alkanes) is 6. The second-order valence-corrected chi connectivity index (χ2v) is 6.63. The molecule has 0 unspecified atom stereocenters. The van der Waals surface area contributed by atoms with Crippen LogP contribution in [0.1, 0.15) is 89.6 Å². The third kappa shape index (κ3) is 10.9. The van der Waals surface area contributed by atoms with Crippen molar-refractivity contribution in [3.05, 3.63) is 29.7 Å². The molecule has 1 heterocycles. The Hall–Kier alpha value is -1.84. The lowest BCUT2D eigenvalue weighted by Crippen LogP contribution is -2.03. The maximum Gasteiger partial charge on any atom is 0.305 e. The quantitative estimate of drug-likeness (QED) is 0.222. The molecule has 0 spiro atoms. The number of ketones is 1. The molecule has 0 saturated carbocycles. The fourth-order valence-electron chi connectivity index (χ4n) is 2.76. The van der Waals surface area contributed by atoms with Crippen molar-refractivity contribution in [1.29, 1.82) is 0 Å². The van der Waals surface area contributed by atoms with Crippen LogP contribution in [0, 0.1) is 0 Å². The lowest BCUT2D eigenvalue weighted by molar-refractivity contribution is -0.143. The third-order valence-corrected chi connectivity index (χ3v) is 4.25. The van der Waals surface area contributed by atoms with E-state index in [-0.39, 0.29) is 11.8 Å². The first-order valence-corrected chi connectivity index (χ1v) is 10.1. The lowest BCUT2D eigenvalue weighted by atomic mass is 10.1. The number of allylic oxidation sites excluding steroid dienone is 1. The molecule has 0 fully saturated rings. The van der Waals surface area contributed by atoms with Crippen molar-refractivity contribution in [2.75, 3.05) is 6.61 Å². The van der Waals surface area contributed by atoms with Crippen molar-refractivity contribution >= 4 is 17.8 Å². The molecule has 0 radical (unpaired) electrons. The van der Waals surface area contributed by atoms with E-state index in [0.717, 1.165) is 69.3 Å². The van der Waals surface area contributed by atoms with Crippen LogP contribution in [0.3, 0.4) is 0 Å². The van der Waals surface area contributed by atoms with Gasteiger partial charge in [-0.25, -0.2) is 0 Å². The van der Waals surface area contributed by atoms with Crippen LogP contribution in [0.5, 0.6) is 0 Å². The SMILES string of the molecule is CCCCCC(=O)C=Cc1ccc(CCCCCCCC(=O)OCC)o1. The van der Waals surface area contributed by atoms with Gasteiger partial charge in [-0.15, -0.1) is 0 Å². The summed E-state index contributed by atoms with van der Waals surface area (Å²) in [6.07, 6.45) is 13.9. The number of carbonyl (C=O) groups excluding carboxylic acids is 2. The van der Waals surface area contributed by atoms with Crippen LogP contribution in [-0.2, 0) is 20.7 Å². The summed E-state index contributed by atoms with van der Waals surface area (Å²) in [7, 11) is 0. The van der Waals surface area contributed by atoms with Crippen molar-refractivity contribution in [3.63, 3.8) is 0 Å². The van der Waals surface area contributed by atoms with Crippen LogP contribution in [0.15, 0.2) is 22.6 Å². The molecule has 0 N–H and O–H groups in total. The molecule has 0 aliphatic heterocycles. The summed E-state index contributed by atoms with van der Waals surface area (Å²) in [5.74, 6) is 1.79. The van der Waals surface area contributed by atoms with Crippen molar-refractivity contribution in [2.45, 2.75) is 84.5 Å². The van der Waals surface area contributed by atoms with Gasteiger partial charge in [-0.3, -0.25) is 9.59 Å². The van der Waals surface area contributed by atoms with E-state index in [0.29, 0.717) is 19.4 Å². The molecule has 4 nitrogen and oxygen atoms in total. The Morgan fingerprint density at radius 1 is 0.962 bits per heavy atom. The molecule has 146 valence electrons. The topological polar surface area (TPSA) is 56.5 Å². The van der Waals surface area contributed by atoms with Crippen LogP contribution >= 0.6 is 0 Å². The summed E-state index contributed by atoms with van der Waals surface area (Å²) >= 11 is 0. The normalized spacial score (nSPS) is 11.2. The molecule has 1 aromatic heterocycles. The third-order valence-electron chi connectivity index (χ3n) is 4.25. The largest absolute Gasteiger partial charge is 0.466 e. The average Bonchev–Trinajstić information content (AvgIpc) is 3.07. The Morgan fingerprint density at radius 3 is 2.46 bits per heavy atom. The van der Waals surface area contributed by atoms with Crippen molar-refractivity contribution in [2.24, 2.45) is 0 Å². The van der Waals surface area contributed by atoms with Gasteiger partial charge in [0.05, 0.1) is 6.61 Å². The Balaban J connectivity index is 2.12. The van der Waals surface area contributed by atoms with E-state index in [9.17, 15) is 9.59 Å². The van der Waals surface area contributed by atoms with Gasteiger partial charge in [0.1, 0.15) is 11.5 Å². The monoisotopic (exact) mass is 362 g/mol. The molecule has 1 rings (SSSR count). The minimum atomic E-state index is -0.0903. The molecule has 0 atom stereocenters. The van der Waals surface area contributed by atoms with Gasteiger partial charge >= 0.3 is 5.97 Å². The second-order valence-electron chi connectivity index (χ2n) is 6.63. The Bertz CT molecular complexity index is 542. The van der Waals surface area contributed by atoms with Gasteiger partial charge in [-0.1, -0.05) is 39.0 Å². The molecule has 1 aromatic rings. The summed E-state index contributed by atoms with van der Waals surface area (Å²) in [5.41, 5.74) is 0. The van der Waals surface area contributed by atoms with Gasteiger partial charge in [0.25, 0.3) is 0 Å². The molecule has 0 aliphatic carbocycles. The molecular weight excluding hydrogens is 328 g/mol. The molecule has 26 heavy (non-hydrogen) atoms. The van der Waals surface area contributed by atoms with Crippen molar-refractivity contribution < 1.29 is 18.7 Å². The summed E-state index contributed by atoms with van der Waals surface area (Å²) in [6, 6.07) is 3.91. The van der Waals surface area contributed by atoms with Crippen LogP contribution in [0.25, 0.3) is 6.08 Å². The number of hydrogen-bond acceptors (Lipinski definition) is 4. The maximum absolute atomic E-state index is 11.7. The van der Waals surface area contributed by atoms with Crippen molar-refractivity contribution in [3.8, 4) is 0 Å². The van der Waals surface area contributed by atoms with Crippen LogP contribution in [0.4, 0.5) is 0 Å². The minimum absolute atomic E-state index is 0.0903. The molecule has 0 amide bonds. The zero-order chi connectivity index (χ0) is 19.0. The van der Waals surface area contributed by atoms with Gasteiger partial charge in [0.2, 0.25) is 0 Å². The van der Waals surface area contributed by atoms with Crippen LogP contribution in [0.2, 0.25) is 0 Å². The minimum Gasteiger partial charge on any atom is -0.466 e. The first-order chi connectivity index (χ1) is 12.7. The van der Waals surface area contributed by atoms with Gasteiger partial charge in [-0.2, -0.15) is 0 Å². The molecular formula is C22H34O4. The second kappa shape index (κ2) is 14.3. The van der Waals surface area contributed by atoms with E-state index < -0.39 is 0 Å². The van der Waals surface area contributed by atoms with Gasteiger partial charge in [-0.05, 0) is 50.5 Å². The summed E-state index contributed by atoms with van der Waals surface area (Å²) in [6.45, 7) is 4.43. The number of carbonyl (C=O) groups is 2. The number of ether oxygens (including phenoxy) is 1. The zero-order valence-corrected chi connectivity index (χ0v) is 16.4. The number of esters is 1. The highest BCUT2D eigenvalue weighted by atomic mass is 16.5. The number of rotatable bonds is 15. The Morgan fingerprint density at radius 2 is 1.69 bits per heavy atom. The number of hydrogen-bond donors (Lipinski definition) is 0. The first kappa shape index (κ1) is 22.2. The smallest absolute Gasteiger partial charge is 0.305 e. The molecule has 0 aromatic carbocycles. The first-order valence-electron chi connectivity index (χ1n) is 10.1. The fraction of sp³-hybridized carbons (Fsp3) is 0.636. The van der Waals surface area contributed by atoms with E-state index in [1.165, 1.54) is 0 Å². The lowest BCUT2D eigenvalue weighted by Gasteiger charge is -2.02. The van der Waals surface area contributed by atoms with Crippen molar-refractivity contribution in [1.82, 2.24) is 0 Å². The zero-order valence-electron chi connectivity index (χ0n) is 16.4.